The fourth-order valence-electron chi connectivity index (χ4n) is 2.12. The lowest BCUT2D eigenvalue weighted by atomic mass is 10.1. The SMILES string of the molecule is CC(Cc1cccc(Cl)c1)NC(C)c1ccsc1. The van der Waals surface area contributed by atoms with Gasteiger partial charge in [0.15, 0.2) is 0 Å². The number of rotatable bonds is 5. The van der Waals surface area contributed by atoms with Crippen LogP contribution in [-0.4, -0.2) is 6.04 Å². The Bertz CT molecular complexity index is 481. The maximum Gasteiger partial charge on any atom is 0.0408 e. The van der Waals surface area contributed by atoms with Gasteiger partial charge in [-0.1, -0.05) is 23.7 Å². The number of halogens is 1. The molecule has 0 spiro atoms. The Balaban J connectivity index is 1.91. The minimum absolute atomic E-state index is 0.394. The molecule has 2 atom stereocenters. The van der Waals surface area contributed by atoms with Crippen molar-refractivity contribution in [3.63, 3.8) is 0 Å². The van der Waals surface area contributed by atoms with Crippen molar-refractivity contribution >= 4 is 22.9 Å². The molecule has 2 aromatic rings. The van der Waals surface area contributed by atoms with Crippen molar-refractivity contribution in [2.45, 2.75) is 32.4 Å². The largest absolute Gasteiger partial charge is 0.307 e. The molecule has 0 radical (unpaired) electrons. The summed E-state index contributed by atoms with van der Waals surface area (Å²) in [6.45, 7) is 4.42. The van der Waals surface area contributed by atoms with Crippen molar-refractivity contribution in [2.75, 3.05) is 0 Å². The second kappa shape index (κ2) is 6.37. The summed E-state index contributed by atoms with van der Waals surface area (Å²) in [6.07, 6.45) is 0.995. The maximum atomic E-state index is 6.00. The van der Waals surface area contributed by atoms with E-state index in [1.165, 1.54) is 11.1 Å². The summed E-state index contributed by atoms with van der Waals surface area (Å²) < 4.78 is 0. The van der Waals surface area contributed by atoms with Crippen LogP contribution in [0.15, 0.2) is 41.1 Å². The Morgan fingerprint density at radius 2 is 2.11 bits per heavy atom. The van der Waals surface area contributed by atoms with Gasteiger partial charge in [-0.15, -0.1) is 0 Å². The van der Waals surface area contributed by atoms with Gasteiger partial charge in [-0.3, -0.25) is 0 Å². The molecule has 96 valence electrons. The molecular weight excluding hydrogens is 262 g/mol. The fourth-order valence-corrected chi connectivity index (χ4v) is 3.09. The highest BCUT2D eigenvalue weighted by molar-refractivity contribution is 7.07. The lowest BCUT2D eigenvalue weighted by molar-refractivity contribution is 0.478. The molecule has 0 aliphatic rings. The minimum Gasteiger partial charge on any atom is -0.307 e. The summed E-state index contributed by atoms with van der Waals surface area (Å²) in [7, 11) is 0. The van der Waals surface area contributed by atoms with Gasteiger partial charge in [-0.05, 0) is 60.4 Å². The smallest absolute Gasteiger partial charge is 0.0408 e. The highest BCUT2D eigenvalue weighted by Crippen LogP contribution is 2.17. The van der Waals surface area contributed by atoms with E-state index in [1.807, 2.05) is 18.2 Å². The van der Waals surface area contributed by atoms with Crippen LogP contribution in [0.25, 0.3) is 0 Å². The molecule has 0 aliphatic carbocycles. The summed E-state index contributed by atoms with van der Waals surface area (Å²) in [5.41, 5.74) is 2.64. The number of thiophene rings is 1. The highest BCUT2D eigenvalue weighted by atomic mass is 35.5. The standard InChI is InChI=1S/C15H18ClNS/c1-11(8-13-4-3-5-15(16)9-13)17-12(2)14-6-7-18-10-14/h3-7,9-12,17H,8H2,1-2H3. The summed E-state index contributed by atoms with van der Waals surface area (Å²) >= 11 is 7.74. The second-order valence-corrected chi connectivity index (χ2v) is 5.90. The molecule has 0 aliphatic heterocycles. The highest BCUT2D eigenvalue weighted by Gasteiger charge is 2.10. The van der Waals surface area contributed by atoms with E-state index in [0.717, 1.165) is 11.4 Å². The zero-order chi connectivity index (χ0) is 13.0. The molecule has 2 rings (SSSR count). The average Bonchev–Trinajstić information content (AvgIpc) is 2.81. The van der Waals surface area contributed by atoms with Crippen molar-refractivity contribution in [1.82, 2.24) is 5.32 Å². The van der Waals surface area contributed by atoms with Crippen molar-refractivity contribution in [1.29, 1.82) is 0 Å². The van der Waals surface area contributed by atoms with Crippen LogP contribution in [0.3, 0.4) is 0 Å². The molecule has 1 aromatic heterocycles. The van der Waals surface area contributed by atoms with Crippen LogP contribution in [-0.2, 0) is 6.42 Å². The number of nitrogens with one attached hydrogen (secondary N) is 1. The van der Waals surface area contributed by atoms with E-state index in [4.69, 9.17) is 11.6 Å². The van der Waals surface area contributed by atoms with E-state index >= 15 is 0 Å². The van der Waals surface area contributed by atoms with Crippen molar-refractivity contribution in [2.24, 2.45) is 0 Å². The summed E-state index contributed by atoms with van der Waals surface area (Å²) in [5.74, 6) is 0. The summed E-state index contributed by atoms with van der Waals surface area (Å²) in [4.78, 5) is 0. The molecular formula is C15H18ClNS. The Labute approximate surface area is 118 Å². The van der Waals surface area contributed by atoms with Gasteiger partial charge >= 0.3 is 0 Å². The molecule has 18 heavy (non-hydrogen) atoms. The molecule has 0 saturated carbocycles. The maximum absolute atomic E-state index is 6.00. The lowest BCUT2D eigenvalue weighted by Gasteiger charge is -2.19. The zero-order valence-corrected chi connectivity index (χ0v) is 12.3. The number of benzene rings is 1. The first-order valence-electron chi connectivity index (χ1n) is 6.17. The molecule has 0 amide bonds. The Morgan fingerprint density at radius 3 is 2.78 bits per heavy atom. The number of hydrogen-bond acceptors (Lipinski definition) is 2. The third-order valence-electron chi connectivity index (χ3n) is 3.01. The summed E-state index contributed by atoms with van der Waals surface area (Å²) in [5, 5.41) is 8.74. The van der Waals surface area contributed by atoms with Crippen molar-refractivity contribution in [3.05, 3.63) is 57.2 Å². The molecule has 0 saturated heterocycles. The molecule has 2 unspecified atom stereocenters. The monoisotopic (exact) mass is 279 g/mol. The van der Waals surface area contributed by atoms with E-state index < -0.39 is 0 Å². The first-order valence-corrected chi connectivity index (χ1v) is 7.50. The first-order chi connectivity index (χ1) is 8.65. The molecule has 3 heteroatoms. The third kappa shape index (κ3) is 3.84. The van der Waals surface area contributed by atoms with Crippen molar-refractivity contribution in [3.8, 4) is 0 Å². The van der Waals surface area contributed by atoms with Crippen LogP contribution in [0.2, 0.25) is 5.02 Å². The number of hydrogen-bond donors (Lipinski definition) is 1. The van der Waals surface area contributed by atoms with E-state index in [-0.39, 0.29) is 0 Å². The second-order valence-electron chi connectivity index (χ2n) is 4.68. The first kappa shape index (κ1) is 13.6. The Hall–Kier alpha value is -0.830. The van der Waals surface area contributed by atoms with Gasteiger partial charge in [0.25, 0.3) is 0 Å². The zero-order valence-electron chi connectivity index (χ0n) is 10.7. The third-order valence-corrected chi connectivity index (χ3v) is 3.95. The normalized spacial score (nSPS) is 14.4. The predicted octanol–water partition coefficient (Wildman–Crippen LogP) is 4.68. The summed E-state index contributed by atoms with van der Waals surface area (Å²) in [6, 6.07) is 11.1. The van der Waals surface area contributed by atoms with Crippen LogP contribution in [0.4, 0.5) is 0 Å². The molecule has 1 nitrogen and oxygen atoms in total. The van der Waals surface area contributed by atoms with Gasteiger partial charge in [-0.2, -0.15) is 11.3 Å². The van der Waals surface area contributed by atoms with Gasteiger partial charge in [0.2, 0.25) is 0 Å². The van der Waals surface area contributed by atoms with Gasteiger partial charge in [0, 0.05) is 17.1 Å². The van der Waals surface area contributed by atoms with Crippen LogP contribution in [0.1, 0.15) is 31.0 Å². The predicted molar refractivity (Wildman–Crippen MR) is 80.5 cm³/mol. The van der Waals surface area contributed by atoms with Gasteiger partial charge in [0.1, 0.15) is 0 Å². The van der Waals surface area contributed by atoms with Crippen LogP contribution in [0.5, 0.6) is 0 Å². The van der Waals surface area contributed by atoms with Gasteiger partial charge in [0.05, 0.1) is 0 Å². The van der Waals surface area contributed by atoms with Crippen molar-refractivity contribution < 1.29 is 0 Å². The lowest BCUT2D eigenvalue weighted by Crippen LogP contribution is -2.30. The minimum atomic E-state index is 0.394. The topological polar surface area (TPSA) is 12.0 Å². The Kier molecular flexibility index (Phi) is 4.81. The quantitative estimate of drug-likeness (QED) is 0.838. The van der Waals surface area contributed by atoms with Gasteiger partial charge < -0.3 is 5.32 Å². The molecule has 1 aromatic carbocycles. The van der Waals surface area contributed by atoms with E-state index in [0.29, 0.717) is 12.1 Å². The van der Waals surface area contributed by atoms with Gasteiger partial charge in [-0.25, -0.2) is 0 Å². The Morgan fingerprint density at radius 1 is 1.28 bits per heavy atom. The van der Waals surface area contributed by atoms with Crippen LogP contribution in [0, 0.1) is 0 Å². The molecule has 0 bridgehead atoms. The van der Waals surface area contributed by atoms with E-state index in [9.17, 15) is 0 Å². The average molecular weight is 280 g/mol. The molecule has 1 heterocycles. The molecule has 1 N–H and O–H groups in total. The fraction of sp³-hybridized carbons (Fsp3) is 0.333. The van der Waals surface area contributed by atoms with Crippen LogP contribution < -0.4 is 5.32 Å². The molecule has 0 fully saturated rings. The van der Waals surface area contributed by atoms with E-state index in [2.05, 4.69) is 42.1 Å². The van der Waals surface area contributed by atoms with Crippen LogP contribution >= 0.6 is 22.9 Å². The van der Waals surface area contributed by atoms with E-state index in [1.54, 1.807) is 11.3 Å².